The van der Waals surface area contributed by atoms with Crippen molar-refractivity contribution in [3.05, 3.63) is 53.4 Å². The highest BCUT2D eigenvalue weighted by molar-refractivity contribution is 5.95. The number of Topliss-reactive ketones (excluding diaryl/α,β-unsaturated/α-hetero) is 1. The zero-order chi connectivity index (χ0) is 19.5. The van der Waals surface area contributed by atoms with E-state index in [1.807, 2.05) is 42.8 Å². The van der Waals surface area contributed by atoms with Crippen LogP contribution in [0.2, 0.25) is 0 Å². The van der Waals surface area contributed by atoms with Gasteiger partial charge < -0.3 is 13.9 Å². The normalized spacial score (nSPS) is 15.1. The Morgan fingerprint density at radius 1 is 1.21 bits per heavy atom. The lowest BCUT2D eigenvalue weighted by Crippen LogP contribution is -2.14. The van der Waals surface area contributed by atoms with Gasteiger partial charge in [0.05, 0.1) is 24.4 Å². The Labute approximate surface area is 163 Å². The van der Waals surface area contributed by atoms with E-state index < -0.39 is 0 Å². The van der Waals surface area contributed by atoms with Gasteiger partial charge in [-0.25, -0.2) is 9.97 Å². The molecule has 0 radical (unpaired) electrons. The number of pyridine rings is 1. The minimum absolute atomic E-state index is 0.0669. The van der Waals surface area contributed by atoms with Crippen LogP contribution in [0, 0.1) is 6.92 Å². The summed E-state index contributed by atoms with van der Waals surface area (Å²) in [5, 5.41) is 0. The van der Waals surface area contributed by atoms with Crippen molar-refractivity contribution in [3.63, 3.8) is 0 Å². The molecule has 0 bridgehead atoms. The molecule has 0 unspecified atom stereocenters. The zero-order valence-electron chi connectivity index (χ0n) is 16.2. The first-order valence-corrected chi connectivity index (χ1v) is 9.70. The molecule has 1 fully saturated rings. The highest BCUT2D eigenvalue weighted by atomic mass is 16.5. The fourth-order valence-corrected chi connectivity index (χ4v) is 3.50. The number of aryl methyl sites for hydroxylation is 1. The smallest absolute Gasteiger partial charge is 0.258 e. The van der Waals surface area contributed by atoms with Crippen molar-refractivity contribution in [1.29, 1.82) is 0 Å². The van der Waals surface area contributed by atoms with Crippen LogP contribution in [0.4, 0.5) is 0 Å². The number of rotatable bonds is 6. The number of ether oxygens (including phenoxy) is 2. The van der Waals surface area contributed by atoms with Crippen molar-refractivity contribution in [2.45, 2.75) is 39.0 Å². The summed E-state index contributed by atoms with van der Waals surface area (Å²) in [4.78, 5) is 26.3. The number of fused-ring (bicyclic) bond motifs is 1. The molecule has 0 N–H and O–H groups in total. The molecule has 0 amide bonds. The van der Waals surface area contributed by atoms with E-state index in [9.17, 15) is 4.79 Å². The summed E-state index contributed by atoms with van der Waals surface area (Å²) < 4.78 is 13.1. The summed E-state index contributed by atoms with van der Waals surface area (Å²) in [5.74, 6) is 0.774. The quantitative estimate of drug-likeness (QED) is 0.611. The Morgan fingerprint density at radius 3 is 2.79 bits per heavy atom. The summed E-state index contributed by atoms with van der Waals surface area (Å²) >= 11 is 0. The van der Waals surface area contributed by atoms with E-state index in [1.165, 1.54) is 0 Å². The molecule has 1 aliphatic rings. The van der Waals surface area contributed by atoms with Gasteiger partial charge in [-0.15, -0.1) is 0 Å². The topological polar surface area (TPSA) is 78.6 Å². The maximum Gasteiger partial charge on any atom is 0.258 e. The second-order valence-corrected chi connectivity index (χ2v) is 7.02. The van der Waals surface area contributed by atoms with Crippen molar-refractivity contribution >= 4 is 11.4 Å². The molecule has 3 aromatic heterocycles. The van der Waals surface area contributed by atoms with E-state index in [0.29, 0.717) is 35.4 Å². The number of carbonyl (C=O) groups is 1. The number of carbonyl (C=O) groups excluding carboxylic acids is 1. The van der Waals surface area contributed by atoms with Crippen molar-refractivity contribution in [1.82, 2.24) is 19.4 Å². The second kappa shape index (κ2) is 8.06. The van der Waals surface area contributed by atoms with Gasteiger partial charge in [0.1, 0.15) is 5.69 Å². The van der Waals surface area contributed by atoms with Crippen molar-refractivity contribution in [2.24, 2.45) is 0 Å². The number of aromatic nitrogens is 4. The van der Waals surface area contributed by atoms with Gasteiger partial charge in [0, 0.05) is 37.2 Å². The van der Waals surface area contributed by atoms with Gasteiger partial charge in [-0.3, -0.25) is 9.78 Å². The van der Waals surface area contributed by atoms with E-state index >= 15 is 0 Å². The zero-order valence-corrected chi connectivity index (χ0v) is 16.2. The Morgan fingerprint density at radius 2 is 2.04 bits per heavy atom. The van der Waals surface area contributed by atoms with Crippen molar-refractivity contribution < 1.29 is 14.3 Å². The van der Waals surface area contributed by atoms with Gasteiger partial charge in [0.15, 0.2) is 5.78 Å². The maximum atomic E-state index is 12.6. The molecule has 1 saturated heterocycles. The molecule has 1 aliphatic heterocycles. The molecule has 4 rings (SSSR count). The predicted octanol–water partition coefficient (Wildman–Crippen LogP) is 3.15. The van der Waals surface area contributed by atoms with Crippen LogP contribution in [0.25, 0.3) is 5.65 Å². The summed E-state index contributed by atoms with van der Waals surface area (Å²) in [6, 6.07) is 5.45. The first-order chi connectivity index (χ1) is 13.6. The third-order valence-electron chi connectivity index (χ3n) is 4.91. The maximum absolute atomic E-state index is 12.6. The van der Waals surface area contributed by atoms with Crippen molar-refractivity contribution in [2.75, 3.05) is 19.8 Å². The van der Waals surface area contributed by atoms with E-state index in [2.05, 4.69) is 9.97 Å². The standard InChI is InChI=1S/C21H24N4O3/c1-3-28-21-20-24-18(15-7-9-27-10-8-15)13-25(20)12-16(23-21)11-19(26)17-6-4-5-14(2)22-17/h4-6,12-13,15H,3,7-11H2,1-2H3. The monoisotopic (exact) mass is 380 g/mol. The molecule has 7 nitrogen and oxygen atoms in total. The Bertz CT molecular complexity index is 992. The van der Waals surface area contributed by atoms with E-state index in [0.717, 1.165) is 37.4 Å². The first kappa shape index (κ1) is 18.6. The minimum atomic E-state index is -0.0669. The molecule has 146 valence electrons. The van der Waals surface area contributed by atoms with E-state index in [-0.39, 0.29) is 12.2 Å². The summed E-state index contributed by atoms with van der Waals surface area (Å²) in [6.45, 7) is 5.79. The summed E-state index contributed by atoms with van der Waals surface area (Å²) in [5.41, 5.74) is 3.62. The predicted molar refractivity (Wildman–Crippen MR) is 104 cm³/mol. The molecule has 28 heavy (non-hydrogen) atoms. The third kappa shape index (κ3) is 3.89. The highest BCUT2D eigenvalue weighted by Crippen LogP contribution is 2.28. The minimum Gasteiger partial charge on any atom is -0.475 e. The highest BCUT2D eigenvalue weighted by Gasteiger charge is 2.21. The molecule has 0 atom stereocenters. The number of hydrogen-bond donors (Lipinski definition) is 0. The number of hydrogen-bond acceptors (Lipinski definition) is 6. The van der Waals surface area contributed by atoms with E-state index in [1.54, 1.807) is 6.07 Å². The summed E-state index contributed by atoms with van der Waals surface area (Å²) in [7, 11) is 0. The van der Waals surface area contributed by atoms with Gasteiger partial charge >= 0.3 is 0 Å². The van der Waals surface area contributed by atoms with Crippen LogP contribution in [0.5, 0.6) is 5.88 Å². The molecule has 0 saturated carbocycles. The van der Waals surface area contributed by atoms with Crippen LogP contribution >= 0.6 is 0 Å². The third-order valence-corrected chi connectivity index (χ3v) is 4.91. The lowest BCUT2D eigenvalue weighted by atomic mass is 9.97. The molecule has 3 aromatic rings. The van der Waals surface area contributed by atoms with Gasteiger partial charge in [0.25, 0.3) is 5.88 Å². The lowest BCUT2D eigenvalue weighted by molar-refractivity contribution is 0.0846. The van der Waals surface area contributed by atoms with Crippen LogP contribution in [-0.4, -0.2) is 45.0 Å². The largest absolute Gasteiger partial charge is 0.475 e. The molecular formula is C21H24N4O3. The van der Waals surface area contributed by atoms with Crippen LogP contribution in [0.15, 0.2) is 30.6 Å². The van der Waals surface area contributed by atoms with Crippen molar-refractivity contribution in [3.8, 4) is 5.88 Å². The molecule has 7 heteroatoms. The Balaban J connectivity index is 1.65. The Kier molecular flexibility index (Phi) is 5.34. The lowest BCUT2D eigenvalue weighted by Gasteiger charge is -2.19. The summed E-state index contributed by atoms with van der Waals surface area (Å²) in [6.07, 6.45) is 5.98. The van der Waals surface area contributed by atoms with E-state index in [4.69, 9.17) is 14.5 Å². The van der Waals surface area contributed by atoms with Crippen LogP contribution in [-0.2, 0) is 11.2 Å². The number of ketones is 1. The molecule has 4 heterocycles. The molecule has 0 aliphatic carbocycles. The Hall–Kier alpha value is -2.80. The fraction of sp³-hybridized carbons (Fsp3) is 0.429. The second-order valence-electron chi connectivity index (χ2n) is 7.02. The van der Waals surface area contributed by atoms with Gasteiger partial charge in [0.2, 0.25) is 5.65 Å². The average molecular weight is 380 g/mol. The average Bonchev–Trinajstić information content (AvgIpc) is 3.13. The van der Waals surface area contributed by atoms with Crippen LogP contribution in [0.3, 0.4) is 0 Å². The number of nitrogens with zero attached hydrogens (tertiary/aromatic N) is 4. The number of imidazole rings is 1. The SMILES string of the molecule is CCOc1nc(CC(=O)c2cccc(C)n2)cn2cc(C3CCOCC3)nc12. The molecule has 0 aromatic carbocycles. The van der Waals surface area contributed by atoms with Gasteiger partial charge in [-0.2, -0.15) is 0 Å². The van der Waals surface area contributed by atoms with Crippen LogP contribution in [0.1, 0.15) is 53.3 Å². The first-order valence-electron chi connectivity index (χ1n) is 9.70. The van der Waals surface area contributed by atoms with Gasteiger partial charge in [-0.05, 0) is 38.8 Å². The molecular weight excluding hydrogens is 356 g/mol. The van der Waals surface area contributed by atoms with Crippen LogP contribution < -0.4 is 4.74 Å². The fourth-order valence-electron chi connectivity index (χ4n) is 3.50. The van der Waals surface area contributed by atoms with Gasteiger partial charge in [-0.1, -0.05) is 6.07 Å². The molecule has 0 spiro atoms.